The van der Waals surface area contributed by atoms with E-state index in [9.17, 15) is 9.00 Å². The molecule has 17 heavy (non-hydrogen) atoms. The number of carbonyl (C=O) groups is 1. The van der Waals surface area contributed by atoms with Gasteiger partial charge in [0.25, 0.3) is 0 Å². The van der Waals surface area contributed by atoms with Crippen molar-refractivity contribution < 1.29 is 18.3 Å². The molecule has 100 valence electrons. The van der Waals surface area contributed by atoms with E-state index in [4.69, 9.17) is 9.29 Å². The lowest BCUT2D eigenvalue weighted by Gasteiger charge is -2.40. The molecule has 0 radical (unpaired) electrons. The fraction of sp³-hybridized carbons (Fsp3) is 0.727. The van der Waals surface area contributed by atoms with Gasteiger partial charge in [-0.1, -0.05) is 20.4 Å². The smallest absolute Gasteiger partial charge is 0.333 e. The van der Waals surface area contributed by atoms with E-state index in [0.29, 0.717) is 5.57 Å². The second-order valence-electron chi connectivity index (χ2n) is 5.22. The predicted molar refractivity (Wildman–Crippen MR) is 67.5 cm³/mol. The Kier molecular flexibility index (Phi) is 5.51. The molecule has 0 saturated carbocycles. The van der Waals surface area contributed by atoms with E-state index in [2.05, 4.69) is 11.3 Å². The minimum Gasteiger partial charge on any atom is -0.462 e. The highest BCUT2D eigenvalue weighted by atomic mass is 32.2. The summed E-state index contributed by atoms with van der Waals surface area (Å²) in [6.45, 7) is 12.4. The van der Waals surface area contributed by atoms with Crippen LogP contribution in [-0.4, -0.2) is 26.9 Å². The maximum absolute atomic E-state index is 11.3. The average Bonchev–Trinajstić information content (AvgIpc) is 2.11. The summed E-state index contributed by atoms with van der Waals surface area (Å²) in [4.78, 5) is 11.3. The summed E-state index contributed by atoms with van der Waals surface area (Å²) in [5, 5.41) is 0. The fourth-order valence-electron chi connectivity index (χ4n) is 0.906. The van der Waals surface area contributed by atoms with Crippen molar-refractivity contribution in [1.82, 2.24) is 4.72 Å². The number of esters is 1. The monoisotopic (exact) mass is 263 g/mol. The van der Waals surface area contributed by atoms with Gasteiger partial charge in [-0.2, -0.15) is 0 Å². The van der Waals surface area contributed by atoms with Gasteiger partial charge in [-0.15, -0.1) is 0 Å². The molecule has 0 spiro atoms. The Morgan fingerprint density at radius 1 is 1.41 bits per heavy atom. The van der Waals surface area contributed by atoms with Crippen molar-refractivity contribution in [2.75, 3.05) is 6.61 Å². The molecule has 0 aliphatic rings. The van der Waals surface area contributed by atoms with Crippen LogP contribution in [0.5, 0.6) is 0 Å². The molecule has 1 unspecified atom stereocenters. The molecule has 1 atom stereocenters. The molecule has 0 aromatic carbocycles. The lowest BCUT2D eigenvalue weighted by Crippen LogP contribution is -2.54. The molecule has 6 heteroatoms. The maximum Gasteiger partial charge on any atom is 0.333 e. The highest BCUT2D eigenvalue weighted by Crippen LogP contribution is 2.31. The van der Waals surface area contributed by atoms with Gasteiger partial charge in [0, 0.05) is 16.5 Å². The van der Waals surface area contributed by atoms with E-state index in [1.54, 1.807) is 20.8 Å². The Balaban J connectivity index is 4.61. The van der Waals surface area contributed by atoms with Crippen LogP contribution < -0.4 is 4.72 Å². The summed E-state index contributed by atoms with van der Waals surface area (Å²) in [7, 11) is 0. The first-order chi connectivity index (χ1) is 7.49. The SMILES string of the molecule is C=C(C)C(=O)OCC(C)(C)C(C)(C)NS(=O)O. The predicted octanol–water partition coefficient (Wildman–Crippen LogP) is 1.64. The molecule has 5 nitrogen and oxygen atoms in total. The third-order valence-electron chi connectivity index (χ3n) is 2.95. The van der Waals surface area contributed by atoms with Crippen LogP contribution in [0, 0.1) is 5.41 Å². The van der Waals surface area contributed by atoms with Gasteiger partial charge in [0.15, 0.2) is 0 Å². The zero-order valence-corrected chi connectivity index (χ0v) is 11.8. The van der Waals surface area contributed by atoms with Crippen molar-refractivity contribution in [1.29, 1.82) is 0 Å². The van der Waals surface area contributed by atoms with E-state index in [0.717, 1.165) is 0 Å². The Hall–Kier alpha value is -0.720. The number of carbonyl (C=O) groups excluding carboxylic acids is 1. The van der Waals surface area contributed by atoms with Crippen LogP contribution in [0.4, 0.5) is 0 Å². The first-order valence-corrected chi connectivity index (χ1v) is 6.31. The minimum atomic E-state index is -2.11. The Labute approximate surface area is 105 Å². The Bertz CT molecular complexity index is 336. The maximum atomic E-state index is 11.3. The molecule has 0 amide bonds. The summed E-state index contributed by atoms with van der Waals surface area (Å²) in [6.07, 6.45) is 0. The molecule has 2 N–H and O–H groups in total. The van der Waals surface area contributed by atoms with Gasteiger partial charge in [0.2, 0.25) is 11.3 Å². The Morgan fingerprint density at radius 3 is 2.24 bits per heavy atom. The van der Waals surface area contributed by atoms with E-state index in [-0.39, 0.29) is 6.61 Å². The zero-order valence-electron chi connectivity index (χ0n) is 11.0. The molecule has 0 saturated heterocycles. The third kappa shape index (κ3) is 4.97. The topological polar surface area (TPSA) is 75.6 Å². The van der Waals surface area contributed by atoms with E-state index < -0.39 is 28.2 Å². The van der Waals surface area contributed by atoms with Crippen LogP contribution in [0.15, 0.2) is 12.2 Å². The van der Waals surface area contributed by atoms with Gasteiger partial charge in [-0.05, 0) is 20.8 Å². The molecule has 0 fully saturated rings. The van der Waals surface area contributed by atoms with Crippen LogP contribution in [0.25, 0.3) is 0 Å². The van der Waals surface area contributed by atoms with E-state index in [1.807, 2.05) is 13.8 Å². The molecular weight excluding hydrogens is 242 g/mol. The lowest BCUT2D eigenvalue weighted by molar-refractivity contribution is -0.143. The van der Waals surface area contributed by atoms with E-state index in [1.165, 1.54) is 0 Å². The summed E-state index contributed by atoms with van der Waals surface area (Å²) in [5.74, 6) is -0.459. The van der Waals surface area contributed by atoms with Crippen molar-refractivity contribution >= 4 is 17.2 Å². The van der Waals surface area contributed by atoms with Crippen LogP contribution in [-0.2, 0) is 20.8 Å². The molecule has 0 aromatic rings. The van der Waals surface area contributed by atoms with E-state index >= 15 is 0 Å². The van der Waals surface area contributed by atoms with Gasteiger partial charge in [-0.25, -0.2) is 13.7 Å². The van der Waals surface area contributed by atoms with Crippen molar-refractivity contribution in [3.8, 4) is 0 Å². The molecule has 0 heterocycles. The van der Waals surface area contributed by atoms with Crippen molar-refractivity contribution in [3.05, 3.63) is 12.2 Å². The molecule has 0 aromatic heterocycles. The third-order valence-corrected chi connectivity index (χ3v) is 3.63. The normalized spacial score (nSPS) is 14.2. The number of hydrogen-bond acceptors (Lipinski definition) is 3. The van der Waals surface area contributed by atoms with Crippen LogP contribution in [0.1, 0.15) is 34.6 Å². The quantitative estimate of drug-likeness (QED) is 0.434. The van der Waals surface area contributed by atoms with Gasteiger partial charge in [0.1, 0.15) is 0 Å². The van der Waals surface area contributed by atoms with Gasteiger partial charge in [-0.3, -0.25) is 4.55 Å². The lowest BCUT2D eigenvalue weighted by atomic mass is 9.76. The number of rotatable bonds is 6. The zero-order chi connectivity index (χ0) is 13.9. The van der Waals surface area contributed by atoms with Gasteiger partial charge < -0.3 is 4.74 Å². The number of hydrogen-bond donors (Lipinski definition) is 2. The molecule has 0 rings (SSSR count). The molecule has 0 aliphatic carbocycles. The molecule has 0 aliphatic heterocycles. The summed E-state index contributed by atoms with van der Waals surface area (Å²) >= 11 is -2.11. The second-order valence-corrected chi connectivity index (χ2v) is 5.92. The molecule has 0 bridgehead atoms. The average molecular weight is 263 g/mol. The van der Waals surface area contributed by atoms with Crippen molar-refractivity contribution in [2.45, 2.75) is 40.2 Å². The highest BCUT2D eigenvalue weighted by Gasteiger charge is 2.39. The van der Waals surface area contributed by atoms with Crippen molar-refractivity contribution in [3.63, 3.8) is 0 Å². The number of ether oxygens (including phenoxy) is 1. The largest absolute Gasteiger partial charge is 0.462 e. The van der Waals surface area contributed by atoms with Gasteiger partial charge >= 0.3 is 5.97 Å². The summed E-state index contributed by atoms with van der Waals surface area (Å²) in [6, 6.07) is 0. The first kappa shape index (κ1) is 16.3. The van der Waals surface area contributed by atoms with Crippen LogP contribution in [0.2, 0.25) is 0 Å². The molecular formula is C11H21NO4S. The highest BCUT2D eigenvalue weighted by molar-refractivity contribution is 7.77. The minimum absolute atomic E-state index is 0.135. The standard InChI is InChI=1S/C11H21NO4S/c1-8(2)9(13)16-7-10(3,4)11(5,6)12-17(14)15/h12H,1,7H2,2-6H3,(H,14,15). The Morgan fingerprint density at radius 2 is 1.88 bits per heavy atom. The summed E-state index contributed by atoms with van der Waals surface area (Å²) < 4.78 is 27.2. The van der Waals surface area contributed by atoms with Gasteiger partial charge in [0.05, 0.1) is 6.61 Å². The summed E-state index contributed by atoms with van der Waals surface area (Å²) in [5.41, 5.74) is -0.837. The van der Waals surface area contributed by atoms with Crippen molar-refractivity contribution in [2.24, 2.45) is 5.41 Å². The second kappa shape index (κ2) is 5.75. The first-order valence-electron chi connectivity index (χ1n) is 5.21. The van der Waals surface area contributed by atoms with Crippen LogP contribution >= 0.6 is 0 Å². The van der Waals surface area contributed by atoms with Crippen LogP contribution in [0.3, 0.4) is 0 Å². The number of nitrogens with one attached hydrogen (secondary N) is 1. The fourth-order valence-corrected chi connectivity index (χ4v) is 1.62.